The molecule has 0 aromatic carbocycles. The van der Waals surface area contributed by atoms with Gasteiger partial charge in [-0.1, -0.05) is 71.1 Å². The first-order valence-corrected chi connectivity index (χ1v) is 10.3. The molecule has 0 aliphatic carbocycles. The molecule has 0 saturated carbocycles. The van der Waals surface area contributed by atoms with Crippen molar-refractivity contribution in [1.82, 2.24) is 0 Å². The minimum atomic E-state index is -0.111. The van der Waals surface area contributed by atoms with E-state index in [1.54, 1.807) is 0 Å². The highest BCUT2D eigenvalue weighted by Crippen LogP contribution is 2.13. The minimum absolute atomic E-state index is 0.111. The fraction of sp³-hybridized carbons (Fsp3) is 0.905. The molecule has 0 fully saturated rings. The number of unbranched alkanes of at least 4 members (excludes halogenated alkanes) is 10. The van der Waals surface area contributed by atoms with E-state index in [1.807, 2.05) is 0 Å². The number of ether oxygens (including phenoxy) is 1. The lowest BCUT2D eigenvalue weighted by atomic mass is 10.0. The van der Waals surface area contributed by atoms with Crippen LogP contribution >= 0.6 is 0 Å². The van der Waals surface area contributed by atoms with Crippen LogP contribution in [0.4, 0.5) is 0 Å². The summed E-state index contributed by atoms with van der Waals surface area (Å²) in [6.45, 7) is 5.21. The Labute approximate surface area is 150 Å². The van der Waals surface area contributed by atoms with E-state index >= 15 is 0 Å². The molecule has 0 radical (unpaired) electrons. The zero-order chi connectivity index (χ0) is 17.9. The first-order valence-electron chi connectivity index (χ1n) is 10.3. The Balaban J connectivity index is 3.50. The van der Waals surface area contributed by atoms with E-state index < -0.39 is 0 Å². The molecule has 3 heteroatoms. The van der Waals surface area contributed by atoms with E-state index in [0.717, 1.165) is 25.8 Å². The quantitative estimate of drug-likeness (QED) is 0.172. The van der Waals surface area contributed by atoms with Gasteiger partial charge in [0.1, 0.15) is 0 Å². The topological polar surface area (TPSA) is 38.7 Å². The number of hydrogen-bond donors (Lipinski definition) is 0. The molecular weight excluding hydrogens is 298 g/mol. The summed E-state index contributed by atoms with van der Waals surface area (Å²) in [6.07, 6.45) is 18.6. The fourth-order valence-electron chi connectivity index (χ4n) is 3.04. The van der Waals surface area contributed by atoms with Gasteiger partial charge in [0.2, 0.25) is 0 Å². The lowest BCUT2D eigenvalue weighted by Gasteiger charge is -2.07. The number of aliphatic imine (C=N–C) groups is 1. The third-order valence-electron chi connectivity index (χ3n) is 4.52. The molecule has 3 nitrogen and oxygen atoms in total. The van der Waals surface area contributed by atoms with Crippen LogP contribution in [0.5, 0.6) is 0 Å². The van der Waals surface area contributed by atoms with Crippen LogP contribution < -0.4 is 0 Å². The normalized spacial score (nSPS) is 11.7. The molecule has 0 aliphatic heterocycles. The van der Waals surface area contributed by atoms with Gasteiger partial charge in [-0.15, -0.1) is 0 Å². The highest BCUT2D eigenvalue weighted by atomic mass is 16.5. The van der Waals surface area contributed by atoms with Crippen molar-refractivity contribution in [3.63, 3.8) is 0 Å². The number of rotatable bonds is 17. The smallest absolute Gasteiger partial charge is 0.305 e. The van der Waals surface area contributed by atoms with Gasteiger partial charge in [0.05, 0.1) is 7.11 Å². The van der Waals surface area contributed by atoms with Gasteiger partial charge < -0.3 is 4.74 Å². The molecule has 0 saturated heterocycles. The van der Waals surface area contributed by atoms with Crippen molar-refractivity contribution in [3.05, 3.63) is 0 Å². The Morgan fingerprint density at radius 2 is 1.21 bits per heavy atom. The van der Waals surface area contributed by atoms with E-state index in [1.165, 1.54) is 83.5 Å². The van der Waals surface area contributed by atoms with Crippen molar-refractivity contribution in [3.8, 4) is 0 Å². The molecule has 0 atom stereocenters. The fourth-order valence-corrected chi connectivity index (χ4v) is 3.04. The molecule has 0 unspecified atom stereocenters. The van der Waals surface area contributed by atoms with Crippen LogP contribution in [0.1, 0.15) is 110 Å². The lowest BCUT2D eigenvalue weighted by Crippen LogP contribution is -2.04. The zero-order valence-corrected chi connectivity index (χ0v) is 16.6. The highest BCUT2D eigenvalue weighted by Gasteiger charge is 2.04. The summed E-state index contributed by atoms with van der Waals surface area (Å²) in [4.78, 5) is 15.7. The summed E-state index contributed by atoms with van der Waals surface area (Å²) in [7, 11) is 1.45. The van der Waals surface area contributed by atoms with Gasteiger partial charge in [0, 0.05) is 18.7 Å². The number of carbonyl (C=O) groups excluding carboxylic acids is 1. The molecule has 0 aromatic rings. The summed E-state index contributed by atoms with van der Waals surface area (Å²) >= 11 is 0. The third kappa shape index (κ3) is 16.0. The molecule has 0 heterocycles. The Bertz CT molecular complexity index is 313. The molecule has 0 N–H and O–H groups in total. The summed E-state index contributed by atoms with van der Waals surface area (Å²) < 4.78 is 4.69. The summed E-state index contributed by atoms with van der Waals surface area (Å²) in [5.74, 6) is -0.111. The van der Waals surface area contributed by atoms with Crippen LogP contribution in [-0.2, 0) is 9.53 Å². The maximum absolute atomic E-state index is 11.1. The Hall–Kier alpha value is -0.860. The van der Waals surface area contributed by atoms with Crippen molar-refractivity contribution < 1.29 is 9.53 Å². The standard InChI is InChI=1S/C21H41NO2/c1-4-6-7-8-9-10-11-12-13-14-15-17-20(22-5-2)18-16-19-21(23)24-3/h4-19H2,1-3H3. The molecule has 0 spiro atoms. The summed E-state index contributed by atoms with van der Waals surface area (Å²) in [6, 6.07) is 0. The molecule has 24 heavy (non-hydrogen) atoms. The maximum Gasteiger partial charge on any atom is 0.305 e. The molecular formula is C21H41NO2. The predicted molar refractivity (Wildman–Crippen MR) is 105 cm³/mol. The van der Waals surface area contributed by atoms with Crippen LogP contribution in [-0.4, -0.2) is 25.3 Å². The largest absolute Gasteiger partial charge is 0.469 e. The number of methoxy groups -OCH3 is 1. The molecule has 0 amide bonds. The van der Waals surface area contributed by atoms with E-state index in [0.29, 0.717) is 6.42 Å². The SMILES string of the molecule is CCCCCCCCCCCCCC(CCCC(=O)OC)=NCC. The third-order valence-corrected chi connectivity index (χ3v) is 4.52. The first-order chi connectivity index (χ1) is 11.7. The number of nitrogens with zero attached hydrogens (tertiary/aromatic N) is 1. The van der Waals surface area contributed by atoms with Crippen molar-refractivity contribution in [1.29, 1.82) is 0 Å². The maximum atomic E-state index is 11.1. The second kappa shape index (κ2) is 18.5. The van der Waals surface area contributed by atoms with E-state index in [-0.39, 0.29) is 5.97 Å². The van der Waals surface area contributed by atoms with Gasteiger partial charge in [0.25, 0.3) is 0 Å². The van der Waals surface area contributed by atoms with E-state index in [9.17, 15) is 4.79 Å². The van der Waals surface area contributed by atoms with Gasteiger partial charge >= 0.3 is 5.97 Å². The van der Waals surface area contributed by atoms with Crippen LogP contribution in [0.25, 0.3) is 0 Å². The van der Waals surface area contributed by atoms with Gasteiger partial charge in [0.15, 0.2) is 0 Å². The molecule has 0 aromatic heterocycles. The predicted octanol–water partition coefficient (Wildman–Crippen LogP) is 6.49. The second-order valence-corrected chi connectivity index (χ2v) is 6.76. The van der Waals surface area contributed by atoms with Crippen LogP contribution in [0.2, 0.25) is 0 Å². The molecule has 0 rings (SSSR count). The molecule has 0 aliphatic rings. The van der Waals surface area contributed by atoms with Crippen LogP contribution in [0.15, 0.2) is 4.99 Å². The highest BCUT2D eigenvalue weighted by molar-refractivity contribution is 5.84. The number of esters is 1. The first kappa shape index (κ1) is 23.1. The summed E-state index contributed by atoms with van der Waals surface area (Å²) in [5, 5.41) is 0. The van der Waals surface area contributed by atoms with Crippen molar-refractivity contribution in [2.45, 2.75) is 110 Å². The van der Waals surface area contributed by atoms with Gasteiger partial charge in [-0.05, 0) is 32.6 Å². The minimum Gasteiger partial charge on any atom is -0.469 e. The average Bonchev–Trinajstić information content (AvgIpc) is 2.59. The van der Waals surface area contributed by atoms with Crippen molar-refractivity contribution in [2.75, 3.05) is 13.7 Å². The zero-order valence-electron chi connectivity index (χ0n) is 16.6. The van der Waals surface area contributed by atoms with Crippen LogP contribution in [0, 0.1) is 0 Å². The van der Waals surface area contributed by atoms with Crippen molar-refractivity contribution in [2.24, 2.45) is 4.99 Å². The number of hydrogen-bond acceptors (Lipinski definition) is 3. The van der Waals surface area contributed by atoms with Crippen molar-refractivity contribution >= 4 is 11.7 Å². The van der Waals surface area contributed by atoms with Crippen LogP contribution in [0.3, 0.4) is 0 Å². The lowest BCUT2D eigenvalue weighted by molar-refractivity contribution is -0.140. The Morgan fingerprint density at radius 3 is 1.71 bits per heavy atom. The van der Waals surface area contributed by atoms with Gasteiger partial charge in [-0.3, -0.25) is 9.79 Å². The average molecular weight is 340 g/mol. The van der Waals surface area contributed by atoms with E-state index in [2.05, 4.69) is 23.6 Å². The number of carbonyl (C=O) groups is 1. The summed E-state index contributed by atoms with van der Waals surface area (Å²) in [5.41, 5.74) is 1.29. The monoisotopic (exact) mass is 339 g/mol. The van der Waals surface area contributed by atoms with Gasteiger partial charge in [-0.2, -0.15) is 0 Å². The second-order valence-electron chi connectivity index (χ2n) is 6.76. The van der Waals surface area contributed by atoms with E-state index in [4.69, 9.17) is 0 Å². The van der Waals surface area contributed by atoms with Gasteiger partial charge in [-0.25, -0.2) is 0 Å². The Kier molecular flexibility index (Phi) is 17.8. The molecule has 0 bridgehead atoms. The Morgan fingerprint density at radius 1 is 0.708 bits per heavy atom. The molecule has 142 valence electrons.